The molecule has 0 heterocycles. The Hall–Kier alpha value is -3.12. The van der Waals surface area contributed by atoms with E-state index in [1.807, 2.05) is 62.4 Å². The van der Waals surface area contributed by atoms with Gasteiger partial charge in [-0.05, 0) is 72.7 Å². The standard InChI is InChI=1S/C27H32N2O3S/c1-6-22-9-8-10-23(7-2)26(22)28-27(30)24-15-13-21(14-16-24)18-29(33(5,31)32)25-17-19(3)11-12-20(25)4/h8-17H,6-7,18H2,1-5H3,(H,28,30). The molecule has 0 aliphatic rings. The third kappa shape index (κ3) is 5.82. The van der Waals surface area contributed by atoms with Crippen LogP contribution >= 0.6 is 0 Å². The van der Waals surface area contributed by atoms with Gasteiger partial charge in [0.15, 0.2) is 0 Å². The summed E-state index contributed by atoms with van der Waals surface area (Å²) in [7, 11) is -3.48. The van der Waals surface area contributed by atoms with Crippen LogP contribution in [-0.4, -0.2) is 20.6 Å². The van der Waals surface area contributed by atoms with Crippen LogP contribution in [-0.2, 0) is 29.4 Å². The number of hydrogen-bond acceptors (Lipinski definition) is 3. The number of amides is 1. The summed E-state index contributed by atoms with van der Waals surface area (Å²) in [5.74, 6) is -0.174. The largest absolute Gasteiger partial charge is 0.321 e. The van der Waals surface area contributed by atoms with Crippen molar-refractivity contribution in [3.8, 4) is 0 Å². The maximum Gasteiger partial charge on any atom is 0.255 e. The van der Waals surface area contributed by atoms with E-state index in [1.54, 1.807) is 12.1 Å². The number of sulfonamides is 1. The third-order valence-corrected chi connectivity index (χ3v) is 6.94. The molecule has 1 N–H and O–H groups in total. The molecule has 33 heavy (non-hydrogen) atoms. The lowest BCUT2D eigenvalue weighted by atomic mass is 10.0. The van der Waals surface area contributed by atoms with Gasteiger partial charge in [0, 0.05) is 11.3 Å². The van der Waals surface area contributed by atoms with Gasteiger partial charge < -0.3 is 5.32 Å². The zero-order valence-electron chi connectivity index (χ0n) is 20.0. The van der Waals surface area contributed by atoms with Crippen molar-refractivity contribution in [3.63, 3.8) is 0 Å². The maximum absolute atomic E-state index is 12.9. The van der Waals surface area contributed by atoms with Crippen molar-refractivity contribution in [2.24, 2.45) is 0 Å². The Bertz CT molecular complexity index is 1230. The van der Waals surface area contributed by atoms with Crippen LogP contribution in [0.25, 0.3) is 0 Å². The molecule has 0 fully saturated rings. The molecule has 0 saturated carbocycles. The molecule has 3 rings (SSSR count). The van der Waals surface area contributed by atoms with E-state index in [0.717, 1.165) is 46.3 Å². The number of aryl methyl sites for hydroxylation is 4. The second-order valence-corrected chi connectivity index (χ2v) is 10.3. The van der Waals surface area contributed by atoms with Crippen LogP contribution in [0.15, 0.2) is 60.7 Å². The quantitative estimate of drug-likeness (QED) is 0.469. The van der Waals surface area contributed by atoms with E-state index in [0.29, 0.717) is 11.3 Å². The lowest BCUT2D eigenvalue weighted by Gasteiger charge is -2.25. The number of carbonyl (C=O) groups excluding carboxylic acids is 1. The Morgan fingerprint density at radius 3 is 2.06 bits per heavy atom. The summed E-state index contributed by atoms with van der Waals surface area (Å²) in [6.07, 6.45) is 2.89. The van der Waals surface area contributed by atoms with E-state index in [4.69, 9.17) is 0 Å². The molecule has 3 aromatic rings. The van der Waals surface area contributed by atoms with Gasteiger partial charge in [0.1, 0.15) is 0 Å². The Morgan fingerprint density at radius 1 is 0.909 bits per heavy atom. The summed E-state index contributed by atoms with van der Waals surface area (Å²) in [4.78, 5) is 12.9. The van der Waals surface area contributed by atoms with E-state index in [2.05, 4.69) is 19.2 Å². The molecule has 0 spiro atoms. The van der Waals surface area contributed by atoms with Crippen molar-refractivity contribution in [3.05, 3.63) is 94.0 Å². The van der Waals surface area contributed by atoms with Crippen LogP contribution in [0.5, 0.6) is 0 Å². The SMILES string of the molecule is CCc1cccc(CC)c1NC(=O)c1ccc(CN(c2cc(C)ccc2C)S(C)(=O)=O)cc1. The summed E-state index contributed by atoms with van der Waals surface area (Å²) >= 11 is 0. The number of anilines is 2. The number of rotatable bonds is 8. The highest BCUT2D eigenvalue weighted by Crippen LogP contribution is 2.27. The van der Waals surface area contributed by atoms with E-state index in [-0.39, 0.29) is 12.5 Å². The first kappa shape index (κ1) is 24.5. The fraction of sp³-hybridized carbons (Fsp3) is 0.296. The predicted octanol–water partition coefficient (Wildman–Crippen LogP) is 5.65. The normalized spacial score (nSPS) is 11.3. The molecule has 0 aromatic heterocycles. The number of benzene rings is 3. The summed E-state index contributed by atoms with van der Waals surface area (Å²) in [5.41, 5.74) is 6.99. The van der Waals surface area contributed by atoms with Gasteiger partial charge in [-0.15, -0.1) is 0 Å². The summed E-state index contributed by atoms with van der Waals surface area (Å²) in [6, 6.07) is 19.0. The summed E-state index contributed by atoms with van der Waals surface area (Å²) in [5, 5.41) is 3.08. The molecule has 174 valence electrons. The van der Waals surface area contributed by atoms with Crippen molar-refractivity contribution in [1.29, 1.82) is 0 Å². The Kier molecular flexibility index (Phi) is 7.59. The van der Waals surface area contributed by atoms with Gasteiger partial charge in [-0.3, -0.25) is 9.10 Å². The zero-order valence-corrected chi connectivity index (χ0v) is 20.8. The van der Waals surface area contributed by atoms with E-state index in [9.17, 15) is 13.2 Å². The van der Waals surface area contributed by atoms with Crippen molar-refractivity contribution in [2.75, 3.05) is 15.9 Å². The second kappa shape index (κ2) is 10.2. The van der Waals surface area contributed by atoms with E-state index in [1.165, 1.54) is 10.6 Å². The Labute approximate surface area is 197 Å². The van der Waals surface area contributed by atoms with Crippen molar-refractivity contribution in [2.45, 2.75) is 47.1 Å². The molecular weight excluding hydrogens is 432 g/mol. The lowest BCUT2D eigenvalue weighted by molar-refractivity contribution is 0.102. The third-order valence-electron chi connectivity index (χ3n) is 5.81. The van der Waals surface area contributed by atoms with Crippen LogP contribution in [0, 0.1) is 13.8 Å². The molecular formula is C27H32N2O3S. The van der Waals surface area contributed by atoms with Crippen LogP contribution in [0.4, 0.5) is 11.4 Å². The van der Waals surface area contributed by atoms with Crippen molar-refractivity contribution in [1.82, 2.24) is 0 Å². The van der Waals surface area contributed by atoms with Gasteiger partial charge in [0.2, 0.25) is 10.0 Å². The molecule has 1 amide bonds. The Morgan fingerprint density at radius 2 is 1.52 bits per heavy atom. The molecule has 0 unspecified atom stereocenters. The first-order valence-corrected chi connectivity index (χ1v) is 13.0. The lowest BCUT2D eigenvalue weighted by Crippen LogP contribution is -2.30. The number of nitrogens with one attached hydrogen (secondary N) is 1. The zero-order chi connectivity index (χ0) is 24.2. The predicted molar refractivity (Wildman–Crippen MR) is 137 cm³/mol. The molecule has 0 bridgehead atoms. The number of carbonyl (C=O) groups is 1. The number of para-hydroxylation sites is 1. The van der Waals surface area contributed by atoms with Gasteiger partial charge in [-0.1, -0.05) is 56.3 Å². The van der Waals surface area contributed by atoms with E-state index < -0.39 is 10.0 Å². The fourth-order valence-corrected chi connectivity index (χ4v) is 4.82. The second-order valence-electron chi connectivity index (χ2n) is 8.37. The first-order chi connectivity index (χ1) is 15.6. The Balaban J connectivity index is 1.84. The maximum atomic E-state index is 12.9. The minimum absolute atomic E-state index is 0.174. The molecule has 0 saturated heterocycles. The minimum atomic E-state index is -3.48. The average molecular weight is 465 g/mol. The number of nitrogens with zero attached hydrogens (tertiary/aromatic N) is 1. The van der Waals surface area contributed by atoms with Crippen LogP contribution < -0.4 is 9.62 Å². The number of hydrogen-bond donors (Lipinski definition) is 1. The average Bonchev–Trinajstić information content (AvgIpc) is 2.79. The van der Waals surface area contributed by atoms with Gasteiger partial charge in [-0.2, -0.15) is 0 Å². The monoisotopic (exact) mass is 464 g/mol. The fourth-order valence-electron chi connectivity index (χ4n) is 3.89. The molecule has 3 aromatic carbocycles. The van der Waals surface area contributed by atoms with Crippen LogP contribution in [0.1, 0.15) is 52.0 Å². The van der Waals surface area contributed by atoms with Crippen molar-refractivity contribution < 1.29 is 13.2 Å². The molecule has 0 aliphatic carbocycles. The summed E-state index contributed by atoms with van der Waals surface area (Å²) < 4.78 is 26.5. The van der Waals surface area contributed by atoms with E-state index >= 15 is 0 Å². The molecule has 5 nitrogen and oxygen atoms in total. The smallest absolute Gasteiger partial charge is 0.255 e. The van der Waals surface area contributed by atoms with Gasteiger partial charge >= 0.3 is 0 Å². The van der Waals surface area contributed by atoms with Crippen molar-refractivity contribution >= 4 is 27.3 Å². The highest BCUT2D eigenvalue weighted by molar-refractivity contribution is 7.92. The molecule has 0 aliphatic heterocycles. The molecule has 6 heteroatoms. The molecule has 0 radical (unpaired) electrons. The van der Waals surface area contributed by atoms with Gasteiger partial charge in [0.05, 0.1) is 18.5 Å². The minimum Gasteiger partial charge on any atom is -0.321 e. The summed E-state index contributed by atoms with van der Waals surface area (Å²) in [6.45, 7) is 8.19. The topological polar surface area (TPSA) is 66.5 Å². The molecule has 0 atom stereocenters. The van der Waals surface area contributed by atoms with Gasteiger partial charge in [0.25, 0.3) is 5.91 Å². The first-order valence-electron chi connectivity index (χ1n) is 11.2. The van der Waals surface area contributed by atoms with Crippen LogP contribution in [0.2, 0.25) is 0 Å². The highest BCUT2D eigenvalue weighted by Gasteiger charge is 2.20. The van der Waals surface area contributed by atoms with Crippen LogP contribution in [0.3, 0.4) is 0 Å². The van der Waals surface area contributed by atoms with Gasteiger partial charge in [-0.25, -0.2) is 8.42 Å². The highest BCUT2D eigenvalue weighted by atomic mass is 32.2.